The molecule has 0 unspecified atom stereocenters. The molecule has 3 rings (SSSR count). The Morgan fingerprint density at radius 2 is 1.86 bits per heavy atom. The lowest BCUT2D eigenvalue weighted by molar-refractivity contribution is -0.112. The number of benzene rings is 3. The minimum atomic E-state index is -0.538. The van der Waals surface area contributed by atoms with Gasteiger partial charge in [-0.25, -0.2) is 0 Å². The maximum atomic E-state index is 12.4. The zero-order chi connectivity index (χ0) is 20.6. The van der Waals surface area contributed by atoms with Crippen LogP contribution in [0, 0.1) is 11.3 Å². The Morgan fingerprint density at radius 1 is 1.10 bits per heavy atom. The van der Waals surface area contributed by atoms with Crippen LogP contribution >= 0.6 is 11.6 Å². The van der Waals surface area contributed by atoms with Crippen molar-refractivity contribution >= 4 is 29.3 Å². The third-order valence-electron chi connectivity index (χ3n) is 3.95. The molecule has 29 heavy (non-hydrogen) atoms. The summed E-state index contributed by atoms with van der Waals surface area (Å²) in [6.07, 6.45) is 1.49. The van der Waals surface area contributed by atoms with E-state index in [2.05, 4.69) is 5.32 Å². The van der Waals surface area contributed by atoms with E-state index >= 15 is 0 Å². The minimum absolute atomic E-state index is 0.0509. The quantitative estimate of drug-likeness (QED) is 0.337. The molecule has 0 heterocycles. The molecule has 0 aliphatic heterocycles. The lowest BCUT2D eigenvalue weighted by Crippen LogP contribution is -2.13. The Labute approximate surface area is 173 Å². The summed E-state index contributed by atoms with van der Waals surface area (Å²) in [6.45, 7) is 0.347. The highest BCUT2D eigenvalue weighted by atomic mass is 35.5. The van der Waals surface area contributed by atoms with Crippen LogP contribution in [0.2, 0.25) is 5.02 Å². The number of nitrogens with one attached hydrogen (secondary N) is 1. The second kappa shape index (κ2) is 9.45. The van der Waals surface area contributed by atoms with Crippen molar-refractivity contribution in [2.75, 3.05) is 5.32 Å². The second-order valence-electron chi connectivity index (χ2n) is 6.16. The van der Waals surface area contributed by atoms with Gasteiger partial charge < -0.3 is 15.2 Å². The lowest BCUT2D eigenvalue weighted by Gasteiger charge is -2.08. The van der Waals surface area contributed by atoms with Crippen LogP contribution in [-0.2, 0) is 11.4 Å². The zero-order valence-corrected chi connectivity index (χ0v) is 16.1. The molecular formula is C23H17ClN2O3. The van der Waals surface area contributed by atoms with E-state index in [9.17, 15) is 15.2 Å². The highest BCUT2D eigenvalue weighted by Gasteiger charge is 2.10. The van der Waals surface area contributed by atoms with Crippen LogP contribution in [0.3, 0.4) is 0 Å². The molecule has 0 aliphatic carbocycles. The van der Waals surface area contributed by atoms with Gasteiger partial charge in [-0.2, -0.15) is 5.26 Å². The highest BCUT2D eigenvalue weighted by molar-refractivity contribution is 6.30. The van der Waals surface area contributed by atoms with Crippen molar-refractivity contribution in [3.63, 3.8) is 0 Å². The largest absolute Gasteiger partial charge is 0.508 e. The monoisotopic (exact) mass is 404 g/mol. The maximum absolute atomic E-state index is 12.4. The molecule has 0 bridgehead atoms. The Morgan fingerprint density at radius 3 is 2.59 bits per heavy atom. The number of hydrogen-bond donors (Lipinski definition) is 2. The van der Waals surface area contributed by atoms with Gasteiger partial charge in [0.2, 0.25) is 0 Å². The number of ether oxygens (including phenoxy) is 1. The molecule has 2 N–H and O–H groups in total. The number of aromatic hydroxyl groups is 1. The van der Waals surface area contributed by atoms with Gasteiger partial charge in [0.05, 0.1) is 0 Å². The summed E-state index contributed by atoms with van der Waals surface area (Å²) in [5.74, 6) is 0.159. The first-order valence-electron chi connectivity index (χ1n) is 8.73. The van der Waals surface area contributed by atoms with Crippen molar-refractivity contribution in [3.05, 3.63) is 94.5 Å². The summed E-state index contributed by atoms with van der Waals surface area (Å²) in [5.41, 5.74) is 2.02. The molecule has 0 radical (unpaired) electrons. The van der Waals surface area contributed by atoms with Crippen LogP contribution in [0.1, 0.15) is 11.1 Å². The van der Waals surface area contributed by atoms with Crippen molar-refractivity contribution in [1.82, 2.24) is 0 Å². The van der Waals surface area contributed by atoms with Crippen LogP contribution < -0.4 is 10.1 Å². The molecule has 0 saturated heterocycles. The second-order valence-corrected chi connectivity index (χ2v) is 6.60. The molecule has 1 amide bonds. The Bertz CT molecular complexity index is 1090. The molecule has 0 atom stereocenters. The Hall–Kier alpha value is -3.75. The minimum Gasteiger partial charge on any atom is -0.508 e. The molecule has 0 aliphatic rings. The number of nitriles is 1. The van der Waals surface area contributed by atoms with E-state index in [1.165, 1.54) is 18.2 Å². The summed E-state index contributed by atoms with van der Waals surface area (Å²) in [4.78, 5) is 12.4. The van der Waals surface area contributed by atoms with Gasteiger partial charge in [0.15, 0.2) is 0 Å². The van der Waals surface area contributed by atoms with Crippen LogP contribution in [0.4, 0.5) is 5.69 Å². The van der Waals surface area contributed by atoms with E-state index in [4.69, 9.17) is 16.3 Å². The number of nitrogens with zero attached hydrogens (tertiary/aromatic N) is 1. The van der Waals surface area contributed by atoms with E-state index < -0.39 is 5.91 Å². The Kier molecular flexibility index (Phi) is 6.51. The fourth-order valence-corrected chi connectivity index (χ4v) is 2.76. The van der Waals surface area contributed by atoms with E-state index in [-0.39, 0.29) is 11.3 Å². The van der Waals surface area contributed by atoms with Gasteiger partial charge in [-0.1, -0.05) is 35.9 Å². The van der Waals surface area contributed by atoms with Crippen LogP contribution in [0.25, 0.3) is 6.08 Å². The average molecular weight is 405 g/mol. The standard InChI is InChI=1S/C23H17ClN2O3/c24-19-5-1-4-17(12-19)15-29-22-6-2-3-16(13-22)11-18(14-25)23(28)26-20-7-9-21(27)10-8-20/h1-13,27H,15H2,(H,26,28)/b18-11-. The van der Waals surface area contributed by atoms with Gasteiger partial charge >= 0.3 is 0 Å². The molecule has 6 heteroatoms. The average Bonchev–Trinajstić information content (AvgIpc) is 2.72. The van der Waals surface area contributed by atoms with Crippen molar-refractivity contribution in [2.24, 2.45) is 0 Å². The number of phenolic OH excluding ortho intramolecular Hbond substituents is 1. The predicted molar refractivity (Wildman–Crippen MR) is 113 cm³/mol. The summed E-state index contributed by atoms with van der Waals surface area (Å²) in [7, 11) is 0. The van der Waals surface area contributed by atoms with Crippen LogP contribution in [0.5, 0.6) is 11.5 Å². The summed E-state index contributed by atoms with van der Waals surface area (Å²) in [5, 5.41) is 21.9. The number of rotatable bonds is 6. The highest BCUT2D eigenvalue weighted by Crippen LogP contribution is 2.19. The molecule has 0 aromatic heterocycles. The number of hydrogen-bond acceptors (Lipinski definition) is 4. The molecule has 5 nitrogen and oxygen atoms in total. The molecule has 144 valence electrons. The van der Waals surface area contributed by atoms with Crippen LogP contribution in [0.15, 0.2) is 78.4 Å². The normalized spacial score (nSPS) is 10.8. The summed E-state index contributed by atoms with van der Waals surface area (Å²) >= 11 is 5.98. The molecule has 0 saturated carbocycles. The summed E-state index contributed by atoms with van der Waals surface area (Å²) < 4.78 is 5.78. The number of carbonyl (C=O) groups excluding carboxylic acids is 1. The first kappa shape index (κ1) is 20.0. The maximum Gasteiger partial charge on any atom is 0.266 e. The first-order valence-corrected chi connectivity index (χ1v) is 9.11. The number of amides is 1. The van der Waals surface area contributed by atoms with Crippen LogP contribution in [-0.4, -0.2) is 11.0 Å². The predicted octanol–water partition coefficient (Wildman–Crippen LogP) is 5.17. The molecule has 3 aromatic carbocycles. The third kappa shape index (κ3) is 5.86. The van der Waals surface area contributed by atoms with E-state index in [1.807, 2.05) is 24.3 Å². The lowest BCUT2D eigenvalue weighted by atomic mass is 10.1. The van der Waals surface area contributed by atoms with Gasteiger partial charge in [0, 0.05) is 10.7 Å². The van der Waals surface area contributed by atoms with Crippen molar-refractivity contribution in [1.29, 1.82) is 5.26 Å². The number of halogens is 1. The summed E-state index contributed by atoms with van der Waals surface area (Å²) in [6, 6.07) is 22.4. The molecule has 0 fully saturated rings. The smallest absolute Gasteiger partial charge is 0.266 e. The van der Waals surface area contributed by atoms with Crippen molar-refractivity contribution in [3.8, 4) is 17.6 Å². The zero-order valence-electron chi connectivity index (χ0n) is 15.3. The fraction of sp³-hybridized carbons (Fsp3) is 0.0435. The van der Waals surface area contributed by atoms with Gasteiger partial charge in [0.1, 0.15) is 29.7 Å². The SMILES string of the molecule is N#C/C(=C/c1cccc(OCc2cccc(Cl)c2)c1)C(=O)Nc1ccc(O)cc1. The van der Waals surface area contributed by atoms with E-state index in [0.717, 1.165) is 5.56 Å². The number of anilines is 1. The number of phenols is 1. The van der Waals surface area contributed by atoms with Gasteiger partial charge in [0.25, 0.3) is 5.91 Å². The van der Waals surface area contributed by atoms with E-state index in [1.54, 1.807) is 42.5 Å². The third-order valence-corrected chi connectivity index (χ3v) is 4.19. The molecule has 3 aromatic rings. The van der Waals surface area contributed by atoms with Gasteiger partial charge in [-0.15, -0.1) is 0 Å². The van der Waals surface area contributed by atoms with E-state index in [0.29, 0.717) is 28.6 Å². The molecular weight excluding hydrogens is 388 g/mol. The van der Waals surface area contributed by atoms with Gasteiger partial charge in [-0.3, -0.25) is 4.79 Å². The van der Waals surface area contributed by atoms with Gasteiger partial charge in [-0.05, 0) is 65.7 Å². The molecule has 0 spiro atoms. The topological polar surface area (TPSA) is 82.3 Å². The number of carbonyl (C=O) groups is 1. The first-order chi connectivity index (χ1) is 14.0. The van der Waals surface area contributed by atoms with Crippen molar-refractivity contribution in [2.45, 2.75) is 6.61 Å². The Balaban J connectivity index is 1.70. The van der Waals surface area contributed by atoms with Crippen molar-refractivity contribution < 1.29 is 14.6 Å². The fourth-order valence-electron chi connectivity index (χ4n) is 2.55.